The van der Waals surface area contributed by atoms with Crippen LogP contribution in [-0.4, -0.2) is 93.1 Å². The van der Waals surface area contributed by atoms with Gasteiger partial charge >= 0.3 is 0 Å². The van der Waals surface area contributed by atoms with Crippen molar-refractivity contribution in [1.29, 1.82) is 0 Å². The molecule has 2 aromatic rings. The number of aliphatic hydroxyl groups is 1. The molecule has 4 rings (SSSR count). The predicted molar refractivity (Wildman–Crippen MR) is 138 cm³/mol. The number of carbonyl (C=O) groups is 3. The predicted octanol–water partition coefficient (Wildman–Crippen LogP) is 1.44. The summed E-state index contributed by atoms with van der Waals surface area (Å²) in [4.78, 5) is 45.6. The third-order valence-corrected chi connectivity index (χ3v) is 8.59. The van der Waals surface area contributed by atoms with E-state index in [0.29, 0.717) is 17.8 Å². The molecule has 10 nitrogen and oxygen atoms in total. The minimum Gasteiger partial charge on any atom is -0.507 e. The number of nitrogens with zero attached hydrogens (tertiary/aromatic N) is 4. The van der Waals surface area contributed by atoms with E-state index in [1.807, 2.05) is 19.0 Å². The Labute approximate surface area is 216 Å². The molecule has 196 valence electrons. The van der Waals surface area contributed by atoms with Crippen molar-refractivity contribution in [1.82, 2.24) is 14.1 Å². The van der Waals surface area contributed by atoms with E-state index in [1.54, 1.807) is 31.2 Å². The van der Waals surface area contributed by atoms with Gasteiger partial charge in [-0.25, -0.2) is 12.7 Å². The number of likely N-dealkylation sites (N-methyl/N-ethyl adjacent to an activating group) is 2. The summed E-state index contributed by atoms with van der Waals surface area (Å²) >= 11 is 0. The zero-order valence-electron chi connectivity index (χ0n) is 21.4. The normalized spacial score (nSPS) is 21.1. The van der Waals surface area contributed by atoms with Gasteiger partial charge in [-0.2, -0.15) is 0 Å². The highest BCUT2D eigenvalue weighted by atomic mass is 32.2. The molecule has 0 aliphatic carbocycles. The molecule has 2 heterocycles. The van der Waals surface area contributed by atoms with Crippen LogP contribution in [0, 0.1) is 0 Å². The van der Waals surface area contributed by atoms with Crippen molar-refractivity contribution in [3.63, 3.8) is 0 Å². The van der Waals surface area contributed by atoms with Crippen LogP contribution in [-0.2, 0) is 29.9 Å². The Bertz CT molecular complexity index is 1430. The van der Waals surface area contributed by atoms with E-state index in [-0.39, 0.29) is 29.1 Å². The van der Waals surface area contributed by atoms with E-state index >= 15 is 0 Å². The van der Waals surface area contributed by atoms with Gasteiger partial charge in [0.15, 0.2) is 5.54 Å². The molecular weight excluding hydrogens is 496 g/mol. The minimum atomic E-state index is -3.85. The number of carbonyl (C=O) groups excluding carboxylic acids is 3. The number of hydrogen-bond acceptors (Lipinski definition) is 7. The summed E-state index contributed by atoms with van der Waals surface area (Å²) in [7, 11) is 2.52. The van der Waals surface area contributed by atoms with E-state index in [4.69, 9.17) is 0 Å². The Morgan fingerprint density at radius 1 is 1.00 bits per heavy atom. The van der Waals surface area contributed by atoms with Gasteiger partial charge in [0.25, 0.3) is 17.6 Å². The molecule has 2 amide bonds. The third kappa shape index (κ3) is 3.85. The van der Waals surface area contributed by atoms with E-state index in [1.165, 1.54) is 48.2 Å². The Hall–Kier alpha value is -3.54. The lowest BCUT2D eigenvalue weighted by molar-refractivity contribution is -0.143. The molecule has 0 bridgehead atoms. The fourth-order valence-electron chi connectivity index (χ4n) is 4.94. The number of aliphatic hydroxyl groups excluding tert-OH is 1. The van der Waals surface area contributed by atoms with Crippen molar-refractivity contribution in [3.05, 3.63) is 65.2 Å². The molecule has 0 aromatic heterocycles. The summed E-state index contributed by atoms with van der Waals surface area (Å²) in [5.74, 6) is -3.03. The second-order valence-corrected chi connectivity index (χ2v) is 11.6. The number of sulfonamides is 1. The first-order chi connectivity index (χ1) is 17.4. The Kier molecular flexibility index (Phi) is 6.74. The average Bonchev–Trinajstić information content (AvgIpc) is 3.24. The molecule has 37 heavy (non-hydrogen) atoms. The molecule has 1 spiro atoms. The lowest BCUT2D eigenvalue weighted by atomic mass is 9.82. The number of amides is 2. The molecule has 2 aromatic carbocycles. The summed E-state index contributed by atoms with van der Waals surface area (Å²) in [5.41, 5.74) is -1.28. The maximum atomic E-state index is 14.1. The van der Waals surface area contributed by atoms with Crippen LogP contribution < -0.4 is 4.90 Å². The first-order valence-electron chi connectivity index (χ1n) is 11.8. The van der Waals surface area contributed by atoms with Crippen molar-refractivity contribution in [3.8, 4) is 0 Å². The third-order valence-electron chi connectivity index (χ3n) is 6.78. The smallest absolute Gasteiger partial charge is 0.296 e. The first-order valence-corrected chi connectivity index (χ1v) is 13.2. The number of benzene rings is 2. The van der Waals surface area contributed by atoms with Gasteiger partial charge in [0, 0.05) is 44.9 Å². The number of rotatable bonds is 7. The van der Waals surface area contributed by atoms with Gasteiger partial charge in [0.1, 0.15) is 5.76 Å². The highest BCUT2D eigenvalue weighted by molar-refractivity contribution is 7.89. The maximum absolute atomic E-state index is 14.1. The van der Waals surface area contributed by atoms with Crippen molar-refractivity contribution in [2.75, 3.05) is 52.7 Å². The standard InChI is InChI=1S/C26H30N4O6S/c1-6-29-20-13-8-7-12-19(20)26(25(29)34)21(23(32)24(33)30(26)15-14-27(2)3)22(31)17-10-9-11-18(16-17)37(35,36)28(4)5/h7-13,16,31H,6,14-15H2,1-5H3/b22-21-. The Balaban J connectivity index is 2.04. The summed E-state index contributed by atoms with van der Waals surface area (Å²) in [6.45, 7) is 2.50. The van der Waals surface area contributed by atoms with Crippen LogP contribution in [0.2, 0.25) is 0 Å². The van der Waals surface area contributed by atoms with Gasteiger partial charge in [-0.3, -0.25) is 14.4 Å². The molecule has 1 saturated heterocycles. The van der Waals surface area contributed by atoms with Gasteiger partial charge in [0.05, 0.1) is 16.2 Å². The van der Waals surface area contributed by atoms with Crippen molar-refractivity contribution in [2.45, 2.75) is 17.4 Å². The second kappa shape index (κ2) is 9.40. The minimum absolute atomic E-state index is 0.00754. The second-order valence-electron chi connectivity index (χ2n) is 9.41. The Morgan fingerprint density at radius 2 is 1.68 bits per heavy atom. The van der Waals surface area contributed by atoms with Crippen LogP contribution >= 0.6 is 0 Å². The quantitative estimate of drug-likeness (QED) is 0.330. The van der Waals surface area contributed by atoms with Crippen molar-refractivity contribution in [2.24, 2.45) is 0 Å². The Morgan fingerprint density at radius 3 is 2.30 bits per heavy atom. The summed E-state index contributed by atoms with van der Waals surface area (Å²) in [5, 5.41) is 11.6. The summed E-state index contributed by atoms with van der Waals surface area (Å²) in [6.07, 6.45) is 0. The van der Waals surface area contributed by atoms with Gasteiger partial charge < -0.3 is 19.8 Å². The average molecular weight is 527 g/mol. The highest BCUT2D eigenvalue weighted by Gasteiger charge is 2.66. The fraction of sp³-hybridized carbons (Fsp3) is 0.346. The highest BCUT2D eigenvalue weighted by Crippen LogP contribution is 2.53. The lowest BCUT2D eigenvalue weighted by Crippen LogP contribution is -2.53. The molecule has 1 N–H and O–H groups in total. The zero-order chi connectivity index (χ0) is 27.3. The number of anilines is 1. The topological polar surface area (TPSA) is 119 Å². The van der Waals surface area contributed by atoms with Gasteiger partial charge in [-0.15, -0.1) is 0 Å². The molecule has 0 radical (unpaired) electrons. The number of likely N-dealkylation sites (tertiary alicyclic amines) is 1. The summed E-state index contributed by atoms with van der Waals surface area (Å²) < 4.78 is 26.5. The van der Waals surface area contributed by atoms with Crippen LogP contribution in [0.1, 0.15) is 18.1 Å². The first kappa shape index (κ1) is 26.5. The van der Waals surface area contributed by atoms with Crippen LogP contribution in [0.4, 0.5) is 5.69 Å². The number of Topliss-reactive ketones (excluding diaryl/α,β-unsaturated/α-hetero) is 1. The van der Waals surface area contributed by atoms with Crippen LogP contribution in [0.3, 0.4) is 0 Å². The number of para-hydroxylation sites is 1. The molecule has 0 saturated carbocycles. The monoisotopic (exact) mass is 526 g/mol. The van der Waals surface area contributed by atoms with Crippen LogP contribution in [0.25, 0.3) is 5.76 Å². The van der Waals surface area contributed by atoms with Gasteiger partial charge in [-0.05, 0) is 39.2 Å². The molecule has 1 atom stereocenters. The van der Waals surface area contributed by atoms with Gasteiger partial charge in [-0.1, -0.05) is 30.3 Å². The van der Waals surface area contributed by atoms with Crippen molar-refractivity contribution < 1.29 is 27.9 Å². The lowest BCUT2D eigenvalue weighted by Gasteiger charge is -2.35. The van der Waals surface area contributed by atoms with Crippen LogP contribution in [0.15, 0.2) is 59.0 Å². The zero-order valence-corrected chi connectivity index (χ0v) is 22.2. The number of hydrogen-bond donors (Lipinski definition) is 1. The van der Waals surface area contributed by atoms with E-state index < -0.39 is 38.9 Å². The SMILES string of the molecule is CCN1C(=O)C2(/C(=C(\O)c3cccc(S(=O)(=O)N(C)C)c3)C(=O)C(=O)N2CCN(C)C)c2ccccc21. The molecule has 11 heteroatoms. The molecule has 2 aliphatic heterocycles. The van der Waals surface area contributed by atoms with E-state index in [2.05, 4.69) is 0 Å². The summed E-state index contributed by atoms with van der Waals surface area (Å²) in [6, 6.07) is 12.4. The number of ketones is 1. The van der Waals surface area contributed by atoms with E-state index in [0.717, 1.165) is 4.31 Å². The fourth-order valence-corrected chi connectivity index (χ4v) is 5.89. The molecule has 2 aliphatic rings. The van der Waals surface area contributed by atoms with Crippen LogP contribution in [0.5, 0.6) is 0 Å². The molecule has 1 fully saturated rings. The van der Waals surface area contributed by atoms with E-state index in [9.17, 15) is 27.9 Å². The molecular formula is C26H30N4O6S. The molecule has 1 unspecified atom stereocenters. The maximum Gasteiger partial charge on any atom is 0.296 e. The number of fused-ring (bicyclic) bond motifs is 2. The van der Waals surface area contributed by atoms with Gasteiger partial charge in [0.2, 0.25) is 10.0 Å². The largest absolute Gasteiger partial charge is 0.507 e. The van der Waals surface area contributed by atoms with Crippen molar-refractivity contribution >= 4 is 39.1 Å².